The van der Waals surface area contributed by atoms with Crippen LogP contribution in [0, 0.1) is 11.8 Å². The van der Waals surface area contributed by atoms with E-state index in [1.165, 1.54) is 19.5 Å². The third-order valence-electron chi connectivity index (χ3n) is 1.12. The van der Waals surface area contributed by atoms with Gasteiger partial charge in [-0.2, -0.15) is 0 Å². The number of rotatable bonds is 1. The van der Waals surface area contributed by atoms with E-state index in [2.05, 4.69) is 21.8 Å². The first-order chi connectivity index (χ1) is 5.86. The van der Waals surface area contributed by atoms with Crippen LogP contribution >= 0.6 is 0 Å². The highest BCUT2D eigenvalue weighted by atomic mass is 16.5. The van der Waals surface area contributed by atoms with Crippen LogP contribution in [0.4, 0.5) is 0 Å². The summed E-state index contributed by atoms with van der Waals surface area (Å²) in [6, 6.07) is 0.310. The van der Waals surface area contributed by atoms with Gasteiger partial charge in [-0.1, -0.05) is 11.8 Å². The Morgan fingerprint density at radius 3 is 2.67 bits per heavy atom. The fraction of sp³-hybridized carbons (Fsp3) is 0.250. The van der Waals surface area contributed by atoms with Gasteiger partial charge >= 0.3 is 6.01 Å². The molecule has 12 heavy (non-hydrogen) atoms. The summed E-state index contributed by atoms with van der Waals surface area (Å²) < 4.78 is 4.75. The van der Waals surface area contributed by atoms with Gasteiger partial charge in [-0.05, 0) is 0 Å². The van der Waals surface area contributed by atoms with Crippen molar-refractivity contribution in [1.82, 2.24) is 9.97 Å². The zero-order chi connectivity index (χ0) is 8.81. The summed E-state index contributed by atoms with van der Waals surface area (Å²) in [6.45, 7) is -0.161. The van der Waals surface area contributed by atoms with E-state index < -0.39 is 0 Å². The summed E-state index contributed by atoms with van der Waals surface area (Å²) in [5, 5.41) is 8.39. The first-order valence-corrected chi connectivity index (χ1v) is 3.32. The molecule has 0 fully saturated rings. The molecule has 0 aromatic carbocycles. The van der Waals surface area contributed by atoms with E-state index in [4.69, 9.17) is 9.84 Å². The zero-order valence-corrected chi connectivity index (χ0v) is 6.61. The molecule has 1 rings (SSSR count). The maximum absolute atomic E-state index is 8.39. The third-order valence-corrected chi connectivity index (χ3v) is 1.12. The highest BCUT2D eigenvalue weighted by Gasteiger charge is 1.91. The van der Waals surface area contributed by atoms with E-state index in [1.807, 2.05) is 0 Å². The number of aliphatic hydroxyl groups excluding tert-OH is 1. The third kappa shape index (κ3) is 2.22. The van der Waals surface area contributed by atoms with E-state index >= 15 is 0 Å². The van der Waals surface area contributed by atoms with Crippen LogP contribution in [0.15, 0.2) is 12.4 Å². The maximum atomic E-state index is 8.39. The van der Waals surface area contributed by atoms with E-state index in [-0.39, 0.29) is 6.61 Å². The lowest BCUT2D eigenvalue weighted by molar-refractivity contribution is 0.350. The molecule has 0 spiro atoms. The Hall–Kier alpha value is -1.60. The van der Waals surface area contributed by atoms with Crippen molar-refractivity contribution >= 4 is 0 Å². The van der Waals surface area contributed by atoms with Gasteiger partial charge in [0.15, 0.2) is 0 Å². The van der Waals surface area contributed by atoms with Crippen LogP contribution in [-0.2, 0) is 0 Å². The molecule has 0 amide bonds. The second-order valence-electron chi connectivity index (χ2n) is 1.92. The lowest BCUT2D eigenvalue weighted by Crippen LogP contribution is -1.91. The molecule has 62 valence electrons. The Morgan fingerprint density at radius 1 is 1.50 bits per heavy atom. The average Bonchev–Trinajstić information content (AvgIpc) is 2.15. The van der Waals surface area contributed by atoms with Crippen LogP contribution in [0.3, 0.4) is 0 Å². The lowest BCUT2D eigenvalue weighted by Gasteiger charge is -1.94. The van der Waals surface area contributed by atoms with Crippen LogP contribution in [0.5, 0.6) is 6.01 Å². The van der Waals surface area contributed by atoms with Gasteiger partial charge in [0.1, 0.15) is 6.61 Å². The molecule has 0 aliphatic carbocycles. The van der Waals surface area contributed by atoms with Crippen LogP contribution in [0.1, 0.15) is 5.56 Å². The van der Waals surface area contributed by atoms with Crippen LogP contribution in [0.2, 0.25) is 0 Å². The molecule has 0 atom stereocenters. The number of ether oxygens (including phenoxy) is 1. The standard InChI is InChI=1S/C8H8N2O2/c1-12-8-9-5-7(6-10-8)3-2-4-11/h5-6,11H,4H2,1H3. The highest BCUT2D eigenvalue weighted by Crippen LogP contribution is 1.99. The molecular formula is C8H8N2O2. The summed E-state index contributed by atoms with van der Waals surface area (Å²) in [5.74, 6) is 5.15. The quantitative estimate of drug-likeness (QED) is 0.585. The molecule has 4 heteroatoms. The second-order valence-corrected chi connectivity index (χ2v) is 1.92. The normalized spacial score (nSPS) is 8.50. The van der Waals surface area contributed by atoms with Gasteiger partial charge < -0.3 is 9.84 Å². The SMILES string of the molecule is COc1ncc(C#CCO)cn1. The molecule has 1 heterocycles. The number of aromatic nitrogens is 2. The van der Waals surface area contributed by atoms with Crippen molar-refractivity contribution in [1.29, 1.82) is 0 Å². The second kappa shape index (κ2) is 4.31. The molecule has 0 bridgehead atoms. The molecule has 4 nitrogen and oxygen atoms in total. The first kappa shape index (κ1) is 8.50. The fourth-order valence-corrected chi connectivity index (χ4v) is 0.628. The minimum absolute atomic E-state index is 0.161. The van der Waals surface area contributed by atoms with E-state index in [1.54, 1.807) is 0 Å². The Morgan fingerprint density at radius 2 is 2.17 bits per heavy atom. The number of hydrogen-bond donors (Lipinski definition) is 1. The number of methoxy groups -OCH3 is 1. The van der Waals surface area contributed by atoms with Gasteiger partial charge in [0.05, 0.1) is 12.7 Å². The van der Waals surface area contributed by atoms with Gasteiger partial charge in [-0.15, -0.1) is 0 Å². The monoisotopic (exact) mass is 164 g/mol. The molecular weight excluding hydrogens is 156 g/mol. The summed E-state index contributed by atoms with van der Waals surface area (Å²) >= 11 is 0. The van der Waals surface area contributed by atoms with Crippen molar-refractivity contribution < 1.29 is 9.84 Å². The van der Waals surface area contributed by atoms with Gasteiger partial charge in [-0.3, -0.25) is 0 Å². The van der Waals surface area contributed by atoms with Crippen molar-refractivity contribution in [2.45, 2.75) is 0 Å². The summed E-state index contributed by atoms with van der Waals surface area (Å²) in [4.78, 5) is 7.67. The first-order valence-electron chi connectivity index (χ1n) is 3.32. The summed E-state index contributed by atoms with van der Waals surface area (Å²) in [7, 11) is 1.49. The number of aliphatic hydroxyl groups is 1. The molecule has 1 aromatic rings. The Labute approximate surface area is 70.2 Å². The van der Waals surface area contributed by atoms with Crippen molar-refractivity contribution in [3.05, 3.63) is 18.0 Å². The Kier molecular flexibility index (Phi) is 3.05. The minimum atomic E-state index is -0.161. The molecule has 0 saturated heterocycles. The minimum Gasteiger partial charge on any atom is -0.467 e. The Bertz CT molecular complexity index is 297. The maximum Gasteiger partial charge on any atom is 0.316 e. The summed E-state index contributed by atoms with van der Waals surface area (Å²) in [5.41, 5.74) is 0.657. The van der Waals surface area contributed by atoms with Crippen molar-refractivity contribution in [2.75, 3.05) is 13.7 Å². The van der Waals surface area contributed by atoms with Crippen LogP contribution in [-0.4, -0.2) is 28.8 Å². The molecule has 0 aliphatic rings. The topological polar surface area (TPSA) is 55.2 Å². The van der Waals surface area contributed by atoms with Crippen molar-refractivity contribution in [3.63, 3.8) is 0 Å². The molecule has 0 radical (unpaired) electrons. The predicted octanol–water partition coefficient (Wildman–Crippen LogP) is -0.171. The molecule has 0 saturated carbocycles. The van der Waals surface area contributed by atoms with Gasteiger partial charge in [-0.25, -0.2) is 9.97 Å². The van der Waals surface area contributed by atoms with E-state index in [9.17, 15) is 0 Å². The summed E-state index contributed by atoms with van der Waals surface area (Å²) in [6.07, 6.45) is 3.07. The van der Waals surface area contributed by atoms with Crippen LogP contribution < -0.4 is 4.74 Å². The van der Waals surface area contributed by atoms with E-state index in [0.29, 0.717) is 11.6 Å². The van der Waals surface area contributed by atoms with Gasteiger partial charge in [0.2, 0.25) is 0 Å². The number of nitrogens with zero attached hydrogens (tertiary/aromatic N) is 2. The van der Waals surface area contributed by atoms with Gasteiger partial charge in [0.25, 0.3) is 0 Å². The van der Waals surface area contributed by atoms with Gasteiger partial charge in [0, 0.05) is 12.4 Å². The molecule has 0 unspecified atom stereocenters. The predicted molar refractivity (Wildman–Crippen MR) is 42.5 cm³/mol. The smallest absolute Gasteiger partial charge is 0.316 e. The largest absolute Gasteiger partial charge is 0.467 e. The Balaban J connectivity index is 2.78. The number of hydrogen-bond acceptors (Lipinski definition) is 4. The van der Waals surface area contributed by atoms with Crippen LogP contribution in [0.25, 0.3) is 0 Å². The highest BCUT2D eigenvalue weighted by molar-refractivity contribution is 5.29. The molecule has 1 N–H and O–H groups in total. The molecule has 0 aliphatic heterocycles. The van der Waals surface area contributed by atoms with E-state index in [0.717, 1.165) is 0 Å². The molecule has 1 aromatic heterocycles. The average molecular weight is 164 g/mol. The zero-order valence-electron chi connectivity index (χ0n) is 6.61. The van der Waals surface area contributed by atoms with Crippen molar-refractivity contribution in [3.8, 4) is 17.9 Å². The van der Waals surface area contributed by atoms with Crippen molar-refractivity contribution in [2.24, 2.45) is 0 Å². The fourth-order valence-electron chi connectivity index (χ4n) is 0.628. The lowest BCUT2D eigenvalue weighted by atomic mass is 10.3.